The lowest BCUT2D eigenvalue weighted by Crippen LogP contribution is -2.31. The summed E-state index contributed by atoms with van der Waals surface area (Å²) in [5, 5.41) is 13.6. The molecule has 1 amide bonds. The summed E-state index contributed by atoms with van der Waals surface area (Å²) in [5.74, 6) is 0.322. The number of piperidine rings is 1. The molecule has 1 N–H and O–H groups in total. The number of likely N-dealkylation sites (tertiary alicyclic amines) is 1. The molecule has 158 valence electrons. The maximum Gasteiger partial charge on any atom is 0.260 e. The number of amides is 1. The van der Waals surface area contributed by atoms with Gasteiger partial charge in [-0.1, -0.05) is 12.1 Å². The fourth-order valence-corrected chi connectivity index (χ4v) is 4.06. The average Bonchev–Trinajstić information content (AvgIpc) is 3.43. The molecule has 1 aliphatic heterocycles. The minimum absolute atomic E-state index is 0.200. The Balaban J connectivity index is 1.33. The predicted molar refractivity (Wildman–Crippen MR) is 120 cm³/mol. The van der Waals surface area contributed by atoms with Gasteiger partial charge in [-0.05, 0) is 56.1 Å². The Morgan fingerprint density at radius 3 is 2.58 bits per heavy atom. The first-order valence-corrected chi connectivity index (χ1v) is 10.5. The summed E-state index contributed by atoms with van der Waals surface area (Å²) in [7, 11) is 4.03. The summed E-state index contributed by atoms with van der Waals surface area (Å²) in [4.78, 5) is 19.5. The van der Waals surface area contributed by atoms with E-state index >= 15 is 0 Å². The maximum absolute atomic E-state index is 12.8. The molecule has 1 aromatic carbocycles. The van der Waals surface area contributed by atoms with Crippen molar-refractivity contribution < 1.29 is 4.79 Å². The minimum atomic E-state index is -0.200. The van der Waals surface area contributed by atoms with Crippen LogP contribution in [0.1, 0.15) is 29.2 Å². The van der Waals surface area contributed by atoms with E-state index in [-0.39, 0.29) is 5.91 Å². The van der Waals surface area contributed by atoms with Gasteiger partial charge in [0.05, 0.1) is 24.0 Å². The van der Waals surface area contributed by atoms with Crippen molar-refractivity contribution in [1.29, 1.82) is 0 Å². The summed E-state index contributed by atoms with van der Waals surface area (Å²) < 4.78 is 3.71. The van der Waals surface area contributed by atoms with Gasteiger partial charge in [-0.25, -0.2) is 4.98 Å². The number of benzene rings is 1. The van der Waals surface area contributed by atoms with Crippen LogP contribution in [0.3, 0.4) is 0 Å². The molecular weight excluding hydrogens is 390 g/mol. The van der Waals surface area contributed by atoms with E-state index < -0.39 is 0 Å². The molecule has 5 rings (SSSR count). The Labute approximate surface area is 180 Å². The summed E-state index contributed by atoms with van der Waals surface area (Å²) in [6, 6.07) is 8.41. The minimum Gasteiger partial charge on any atom is -0.306 e. The zero-order valence-corrected chi connectivity index (χ0v) is 17.7. The molecule has 0 unspecified atom stereocenters. The molecule has 3 aromatic heterocycles. The third kappa shape index (κ3) is 4.06. The molecule has 8 nitrogen and oxygen atoms in total. The zero-order chi connectivity index (χ0) is 21.4. The molecular formula is C23H25N7O. The highest BCUT2D eigenvalue weighted by atomic mass is 16.1. The number of nitrogens with zero attached hydrogens (tertiary/aromatic N) is 6. The maximum atomic E-state index is 12.8. The summed E-state index contributed by atoms with van der Waals surface area (Å²) in [6.07, 6.45) is 11.2. The fraction of sp³-hybridized carbons (Fsp3) is 0.304. The van der Waals surface area contributed by atoms with Crippen LogP contribution in [0.2, 0.25) is 0 Å². The second-order valence-corrected chi connectivity index (χ2v) is 8.23. The Kier molecular flexibility index (Phi) is 4.99. The summed E-state index contributed by atoms with van der Waals surface area (Å²) in [5.41, 5.74) is 2.67. The smallest absolute Gasteiger partial charge is 0.260 e. The number of hydrogen-bond donors (Lipinski definition) is 1. The summed E-state index contributed by atoms with van der Waals surface area (Å²) in [6.45, 7) is 2.10. The third-order valence-electron chi connectivity index (χ3n) is 5.93. The monoisotopic (exact) mass is 415 g/mol. The van der Waals surface area contributed by atoms with E-state index in [1.54, 1.807) is 17.1 Å². The topological polar surface area (TPSA) is 80.9 Å². The molecule has 1 saturated heterocycles. The molecule has 0 bridgehead atoms. The second kappa shape index (κ2) is 7.96. The van der Waals surface area contributed by atoms with Gasteiger partial charge in [0.15, 0.2) is 0 Å². The average molecular weight is 416 g/mol. The fourth-order valence-electron chi connectivity index (χ4n) is 4.06. The van der Waals surface area contributed by atoms with Crippen LogP contribution in [0.4, 0.5) is 5.82 Å². The molecule has 4 heterocycles. The molecule has 1 aliphatic rings. The number of aromatic nitrogens is 5. The zero-order valence-electron chi connectivity index (χ0n) is 17.7. The van der Waals surface area contributed by atoms with Crippen molar-refractivity contribution in [3.63, 3.8) is 0 Å². The van der Waals surface area contributed by atoms with Crippen molar-refractivity contribution in [3.8, 4) is 11.1 Å². The van der Waals surface area contributed by atoms with E-state index in [0.717, 1.165) is 47.8 Å². The van der Waals surface area contributed by atoms with E-state index in [0.29, 0.717) is 17.4 Å². The molecule has 0 atom stereocenters. The van der Waals surface area contributed by atoms with Gasteiger partial charge in [0.25, 0.3) is 5.91 Å². The standard InChI is InChI=1S/C23H25N7O/c1-28-7-5-21(6-8-28)30-15-20(13-26-30)23(31)27-22-10-18-9-16(3-4-17(18)11-24-22)19-12-25-29(2)14-19/h3-4,9-15,21H,5-8H2,1-2H3,(H,24,27,31). The molecule has 0 spiro atoms. The first-order chi connectivity index (χ1) is 15.0. The Hall–Kier alpha value is -3.52. The van der Waals surface area contributed by atoms with Gasteiger partial charge in [0.2, 0.25) is 0 Å². The van der Waals surface area contributed by atoms with Gasteiger partial charge in [-0.15, -0.1) is 0 Å². The molecule has 0 saturated carbocycles. The first-order valence-electron chi connectivity index (χ1n) is 10.5. The SMILES string of the molecule is CN1CCC(n2cc(C(=O)Nc3cc4cc(-c5cnn(C)c5)ccc4cn3)cn2)CC1. The highest BCUT2D eigenvalue weighted by Gasteiger charge is 2.20. The van der Waals surface area contributed by atoms with Crippen LogP contribution in [0.25, 0.3) is 21.9 Å². The van der Waals surface area contributed by atoms with Crippen molar-refractivity contribution in [3.05, 3.63) is 60.8 Å². The number of anilines is 1. The van der Waals surface area contributed by atoms with Crippen molar-refractivity contribution in [2.24, 2.45) is 7.05 Å². The number of hydrogen-bond acceptors (Lipinski definition) is 5. The predicted octanol–water partition coefficient (Wildman–Crippen LogP) is 3.35. The van der Waals surface area contributed by atoms with E-state index in [2.05, 4.69) is 44.6 Å². The molecule has 4 aromatic rings. The largest absolute Gasteiger partial charge is 0.306 e. The Bertz CT molecular complexity index is 1230. The van der Waals surface area contributed by atoms with Crippen LogP contribution in [-0.2, 0) is 7.05 Å². The Morgan fingerprint density at radius 2 is 1.81 bits per heavy atom. The van der Waals surface area contributed by atoms with E-state index in [1.807, 2.05) is 42.5 Å². The van der Waals surface area contributed by atoms with E-state index in [1.165, 1.54) is 0 Å². The number of aryl methyl sites for hydroxylation is 1. The van der Waals surface area contributed by atoms with Crippen LogP contribution in [0.15, 0.2) is 55.2 Å². The number of fused-ring (bicyclic) bond motifs is 1. The molecule has 1 fully saturated rings. The number of nitrogens with one attached hydrogen (secondary N) is 1. The van der Waals surface area contributed by atoms with Gasteiger partial charge >= 0.3 is 0 Å². The number of carbonyl (C=O) groups is 1. The van der Waals surface area contributed by atoms with Gasteiger partial charge in [0.1, 0.15) is 5.82 Å². The lowest BCUT2D eigenvalue weighted by atomic mass is 10.1. The lowest BCUT2D eigenvalue weighted by molar-refractivity contribution is 0.102. The van der Waals surface area contributed by atoms with Crippen LogP contribution in [-0.4, -0.2) is 55.5 Å². The van der Waals surface area contributed by atoms with E-state index in [4.69, 9.17) is 0 Å². The molecule has 31 heavy (non-hydrogen) atoms. The second-order valence-electron chi connectivity index (χ2n) is 8.23. The van der Waals surface area contributed by atoms with Crippen LogP contribution in [0, 0.1) is 0 Å². The van der Waals surface area contributed by atoms with Crippen LogP contribution in [0.5, 0.6) is 0 Å². The number of rotatable bonds is 4. The molecule has 8 heteroatoms. The van der Waals surface area contributed by atoms with Gasteiger partial charge < -0.3 is 10.2 Å². The normalized spacial score (nSPS) is 15.4. The van der Waals surface area contributed by atoms with Crippen molar-refractivity contribution in [1.82, 2.24) is 29.4 Å². The van der Waals surface area contributed by atoms with Crippen LogP contribution >= 0.6 is 0 Å². The van der Waals surface area contributed by atoms with Crippen LogP contribution < -0.4 is 5.32 Å². The van der Waals surface area contributed by atoms with Gasteiger partial charge in [-0.3, -0.25) is 14.2 Å². The molecule has 0 aliphatic carbocycles. The van der Waals surface area contributed by atoms with Crippen molar-refractivity contribution in [2.75, 3.05) is 25.5 Å². The quantitative estimate of drug-likeness (QED) is 0.553. The first kappa shape index (κ1) is 19.4. The third-order valence-corrected chi connectivity index (χ3v) is 5.93. The highest BCUT2D eigenvalue weighted by molar-refractivity contribution is 6.04. The van der Waals surface area contributed by atoms with Crippen molar-refractivity contribution in [2.45, 2.75) is 18.9 Å². The van der Waals surface area contributed by atoms with Gasteiger partial charge in [0, 0.05) is 36.6 Å². The highest BCUT2D eigenvalue weighted by Crippen LogP contribution is 2.25. The van der Waals surface area contributed by atoms with Gasteiger partial charge in [-0.2, -0.15) is 10.2 Å². The molecule has 0 radical (unpaired) electrons. The number of pyridine rings is 1. The summed E-state index contributed by atoms with van der Waals surface area (Å²) >= 11 is 0. The number of carbonyl (C=O) groups excluding carboxylic acids is 1. The van der Waals surface area contributed by atoms with E-state index in [9.17, 15) is 4.79 Å². The van der Waals surface area contributed by atoms with Crippen molar-refractivity contribution >= 4 is 22.5 Å². The lowest BCUT2D eigenvalue weighted by Gasteiger charge is -2.28. The Morgan fingerprint density at radius 1 is 0.968 bits per heavy atom.